The molecule has 0 spiro atoms. The molecule has 0 aromatic carbocycles. The van der Waals surface area contributed by atoms with Gasteiger partial charge in [0.15, 0.2) is 11.5 Å². The van der Waals surface area contributed by atoms with Crippen LogP contribution in [-0.4, -0.2) is 54.2 Å². The average Bonchev–Trinajstić information content (AvgIpc) is 2.61. The molecule has 0 saturated carbocycles. The molecule has 9 heteroatoms. The number of aliphatic hydroxyl groups is 1. The normalized spacial score (nSPS) is 13.4. The first kappa shape index (κ1) is 30.1. The molecule has 0 aromatic heterocycles. The van der Waals surface area contributed by atoms with E-state index < -0.39 is 41.6 Å². The SMILES string of the molecule is CCCCOC(=O)CC(O)(C(=O)OCCCC)C(C(C)=O)C(=O)OCCCC.[AtH]. The molecule has 0 rings (SSSR count). The molecule has 8 nitrogen and oxygen atoms in total. The van der Waals surface area contributed by atoms with E-state index in [1.165, 1.54) is 0 Å². The second-order valence-corrected chi connectivity index (χ2v) is 6.73. The quantitative estimate of drug-likeness (QED) is 0.129. The Kier molecular flexibility index (Phi) is 17.3. The van der Waals surface area contributed by atoms with Crippen LogP contribution in [-0.2, 0) is 33.4 Å². The van der Waals surface area contributed by atoms with Gasteiger partial charge >= 0.3 is 44.1 Å². The van der Waals surface area contributed by atoms with Crippen molar-refractivity contribution in [1.29, 1.82) is 0 Å². The van der Waals surface area contributed by atoms with Gasteiger partial charge in [-0.1, -0.05) is 40.0 Å². The van der Waals surface area contributed by atoms with Crippen LogP contribution in [0.5, 0.6) is 0 Å². The zero-order valence-corrected chi connectivity index (χ0v) is 21.0. The van der Waals surface area contributed by atoms with Gasteiger partial charge in [-0.05, 0) is 26.2 Å². The maximum atomic E-state index is 12.5. The monoisotopic (exact) mass is 613 g/mol. The van der Waals surface area contributed by atoms with Gasteiger partial charge in [-0.2, -0.15) is 0 Å². The van der Waals surface area contributed by atoms with Crippen molar-refractivity contribution in [3.8, 4) is 0 Å². The van der Waals surface area contributed by atoms with Crippen molar-refractivity contribution in [2.24, 2.45) is 5.92 Å². The van der Waals surface area contributed by atoms with E-state index in [1.807, 2.05) is 20.8 Å². The number of ketones is 1. The predicted molar refractivity (Wildman–Crippen MR) is 103 cm³/mol. The van der Waals surface area contributed by atoms with E-state index in [9.17, 15) is 24.3 Å². The number of esters is 3. The molecule has 29 heavy (non-hydrogen) atoms. The van der Waals surface area contributed by atoms with Crippen molar-refractivity contribution in [3.63, 3.8) is 0 Å². The van der Waals surface area contributed by atoms with Gasteiger partial charge in [-0.3, -0.25) is 14.4 Å². The molecule has 0 amide bonds. The Balaban J connectivity index is 0. The van der Waals surface area contributed by atoms with Gasteiger partial charge in [-0.25, -0.2) is 4.79 Å². The van der Waals surface area contributed by atoms with Crippen LogP contribution in [0, 0.1) is 32.1 Å². The van der Waals surface area contributed by atoms with E-state index in [1.54, 1.807) is 0 Å². The summed E-state index contributed by atoms with van der Waals surface area (Å²) in [6.07, 6.45) is 3.12. The molecular weight excluding hydrogens is 578 g/mol. The third-order valence-electron chi connectivity index (χ3n) is 4.12. The molecule has 0 radical (unpaired) electrons. The van der Waals surface area contributed by atoms with Gasteiger partial charge in [0, 0.05) is 0 Å². The molecule has 2 unspecified atom stereocenters. The second kappa shape index (κ2) is 16.7. The van der Waals surface area contributed by atoms with Crippen LogP contribution in [0.15, 0.2) is 0 Å². The van der Waals surface area contributed by atoms with Crippen molar-refractivity contribution < 1.29 is 64.7 Å². The molecule has 170 valence electrons. The van der Waals surface area contributed by atoms with Gasteiger partial charge in [-0.15, -0.1) is 0 Å². The van der Waals surface area contributed by atoms with Gasteiger partial charge in [0.25, 0.3) is 0 Å². The standard InChI is InChI=1S/C20H34O8.AtH/c1-5-8-11-26-16(22)14-20(25,19(24)28-13-10-7-3)17(15(4)21)18(23)27-12-9-6-2;/h17,25H,5-14H2,1-4H3;1H. The summed E-state index contributed by atoms with van der Waals surface area (Å²) in [5.41, 5.74) is -2.67. The Morgan fingerprint density at radius 3 is 1.72 bits per heavy atom. The zero-order valence-electron chi connectivity index (χ0n) is 17.9. The number of hydrogen-bond acceptors (Lipinski definition) is 8. The molecule has 0 saturated heterocycles. The van der Waals surface area contributed by atoms with E-state index in [0.717, 1.165) is 26.2 Å². The molecule has 1 N–H and O–H groups in total. The molecule has 2 atom stereocenters. The molecule has 0 heterocycles. The van der Waals surface area contributed by atoms with E-state index in [4.69, 9.17) is 14.2 Å². The number of carbonyl (C=O) groups is 4. The summed E-state index contributed by atoms with van der Waals surface area (Å²) >= 11 is 0. The van der Waals surface area contributed by atoms with Crippen LogP contribution >= 0.6 is 0 Å². The van der Waals surface area contributed by atoms with Crippen LogP contribution in [0.2, 0.25) is 0 Å². The van der Waals surface area contributed by atoms with Crippen molar-refractivity contribution in [1.82, 2.24) is 0 Å². The van der Waals surface area contributed by atoms with Crippen molar-refractivity contribution in [2.45, 2.75) is 78.2 Å². The Labute approximate surface area is 192 Å². The number of ether oxygens (including phenoxy) is 3. The summed E-state index contributed by atoms with van der Waals surface area (Å²) in [5.74, 6) is -5.82. The summed E-state index contributed by atoms with van der Waals surface area (Å²) in [6, 6.07) is 0. The summed E-state index contributed by atoms with van der Waals surface area (Å²) < 4.78 is 15.0. The molecule has 0 fully saturated rings. The fraction of sp³-hybridized carbons (Fsp3) is 0.800. The van der Waals surface area contributed by atoms with Crippen molar-refractivity contribution in [3.05, 3.63) is 0 Å². The Morgan fingerprint density at radius 1 is 0.828 bits per heavy atom. The van der Waals surface area contributed by atoms with Crippen LogP contribution in [0.4, 0.5) is 0 Å². The number of unbranched alkanes of at least 4 members (excludes halogenated alkanes) is 3. The maximum absolute atomic E-state index is 12.5. The van der Waals surface area contributed by atoms with Crippen molar-refractivity contribution >= 4 is 23.7 Å². The minimum absolute atomic E-state index is 0. The number of Topliss-reactive ketones (excluding diaryl/α,β-unsaturated/α-hetero) is 1. The molecule has 0 aromatic rings. The summed E-state index contributed by atoms with van der Waals surface area (Å²) in [5, 5.41) is 11.0. The topological polar surface area (TPSA) is 116 Å². The third-order valence-corrected chi connectivity index (χ3v) is 4.12. The number of rotatable bonds is 15. The molecular formula is C20H35AtO8. The first-order chi connectivity index (χ1) is 13.2. The molecule has 0 bridgehead atoms. The third kappa shape index (κ3) is 11.0. The Morgan fingerprint density at radius 2 is 1.28 bits per heavy atom. The second-order valence-electron chi connectivity index (χ2n) is 6.73. The molecule has 0 aliphatic heterocycles. The Hall–Kier alpha value is -1.08. The van der Waals surface area contributed by atoms with E-state index in [-0.39, 0.29) is 46.0 Å². The number of carbonyl (C=O) groups excluding carboxylic acids is 4. The summed E-state index contributed by atoms with van der Waals surface area (Å²) in [4.78, 5) is 49.2. The minimum atomic E-state index is -2.67. The van der Waals surface area contributed by atoms with E-state index in [2.05, 4.69) is 0 Å². The average molecular weight is 613 g/mol. The van der Waals surface area contributed by atoms with E-state index in [0.29, 0.717) is 19.3 Å². The fourth-order valence-corrected chi connectivity index (χ4v) is 2.43. The van der Waals surface area contributed by atoms with E-state index >= 15 is 0 Å². The van der Waals surface area contributed by atoms with Gasteiger partial charge in [0.1, 0.15) is 5.78 Å². The van der Waals surface area contributed by atoms with Gasteiger partial charge in [0.05, 0.1) is 26.2 Å². The van der Waals surface area contributed by atoms with Gasteiger partial charge < -0.3 is 19.3 Å². The Bertz CT molecular complexity index is 523. The zero-order chi connectivity index (χ0) is 21.6. The van der Waals surface area contributed by atoms with Crippen LogP contribution in [0.3, 0.4) is 0 Å². The van der Waals surface area contributed by atoms with Crippen molar-refractivity contribution in [2.75, 3.05) is 19.8 Å². The first-order valence-corrected chi connectivity index (χ1v) is 9.96. The van der Waals surface area contributed by atoms with Crippen LogP contribution < -0.4 is 0 Å². The van der Waals surface area contributed by atoms with Crippen LogP contribution in [0.1, 0.15) is 72.6 Å². The summed E-state index contributed by atoms with van der Waals surface area (Å²) in [7, 11) is 0. The molecule has 0 aliphatic rings. The molecule has 0 aliphatic carbocycles. The fourth-order valence-electron chi connectivity index (χ4n) is 2.43. The van der Waals surface area contributed by atoms with Gasteiger partial charge in [0.2, 0.25) is 0 Å². The number of hydrogen-bond donors (Lipinski definition) is 1. The van der Waals surface area contributed by atoms with Crippen LogP contribution in [0.25, 0.3) is 0 Å². The first-order valence-electron chi connectivity index (χ1n) is 9.96. The predicted octanol–water partition coefficient (Wildman–Crippen LogP) is 2.07. The summed E-state index contributed by atoms with van der Waals surface area (Å²) in [6.45, 7) is 6.89.